The fraction of sp³-hybridized carbons (Fsp3) is 1.00. The van der Waals surface area contributed by atoms with Gasteiger partial charge in [0.25, 0.3) is 0 Å². The quantitative estimate of drug-likeness (QED) is 0.709. The van der Waals surface area contributed by atoms with Crippen LogP contribution in [0.4, 0.5) is 0 Å². The highest BCUT2D eigenvalue weighted by atomic mass is 15.1. The van der Waals surface area contributed by atoms with Crippen molar-refractivity contribution in [3.05, 3.63) is 0 Å². The maximum Gasteiger partial charge on any atom is 0.0104 e. The topological polar surface area (TPSA) is 32.5 Å². The van der Waals surface area contributed by atoms with Gasteiger partial charge in [-0.3, -0.25) is 0 Å². The van der Waals surface area contributed by atoms with E-state index in [0.29, 0.717) is 0 Å². The SMILES string of the molecule is CN(CCN)CCC1CCCCN1C. The largest absolute Gasteiger partial charge is 0.329 e. The van der Waals surface area contributed by atoms with Crippen LogP contribution >= 0.6 is 0 Å². The van der Waals surface area contributed by atoms with Crippen molar-refractivity contribution in [2.75, 3.05) is 40.3 Å². The summed E-state index contributed by atoms with van der Waals surface area (Å²) < 4.78 is 0. The van der Waals surface area contributed by atoms with E-state index in [-0.39, 0.29) is 0 Å². The van der Waals surface area contributed by atoms with Gasteiger partial charge in [-0.05, 0) is 46.4 Å². The molecule has 1 aliphatic heterocycles. The van der Waals surface area contributed by atoms with Crippen LogP contribution < -0.4 is 5.73 Å². The Labute approximate surface area is 88.2 Å². The molecule has 3 nitrogen and oxygen atoms in total. The average molecular weight is 199 g/mol. The van der Waals surface area contributed by atoms with Crippen molar-refractivity contribution in [3.63, 3.8) is 0 Å². The molecule has 0 bridgehead atoms. The molecular formula is C11H25N3. The molecule has 1 atom stereocenters. The molecular weight excluding hydrogens is 174 g/mol. The molecule has 84 valence electrons. The molecule has 1 heterocycles. The number of likely N-dealkylation sites (tertiary alicyclic amines) is 1. The lowest BCUT2D eigenvalue weighted by Gasteiger charge is -2.33. The summed E-state index contributed by atoms with van der Waals surface area (Å²) in [6.07, 6.45) is 5.47. The molecule has 3 heteroatoms. The highest BCUT2D eigenvalue weighted by molar-refractivity contribution is 4.75. The first-order valence-electron chi connectivity index (χ1n) is 5.83. The van der Waals surface area contributed by atoms with Gasteiger partial charge < -0.3 is 15.5 Å². The molecule has 0 amide bonds. The number of rotatable bonds is 5. The lowest BCUT2D eigenvalue weighted by molar-refractivity contribution is 0.161. The first kappa shape index (κ1) is 12.0. The Balaban J connectivity index is 2.15. The maximum absolute atomic E-state index is 5.51. The van der Waals surface area contributed by atoms with Gasteiger partial charge in [-0.25, -0.2) is 0 Å². The summed E-state index contributed by atoms with van der Waals surface area (Å²) >= 11 is 0. The van der Waals surface area contributed by atoms with Gasteiger partial charge in [0.1, 0.15) is 0 Å². The van der Waals surface area contributed by atoms with Crippen LogP contribution in [0.3, 0.4) is 0 Å². The minimum Gasteiger partial charge on any atom is -0.329 e. The Hall–Kier alpha value is -0.120. The highest BCUT2D eigenvalue weighted by Gasteiger charge is 2.18. The van der Waals surface area contributed by atoms with E-state index in [9.17, 15) is 0 Å². The van der Waals surface area contributed by atoms with Crippen LogP contribution in [0.15, 0.2) is 0 Å². The summed E-state index contributed by atoms with van der Waals surface area (Å²) in [5, 5.41) is 0. The Bertz CT molecular complexity index is 149. The van der Waals surface area contributed by atoms with Gasteiger partial charge in [-0.1, -0.05) is 6.42 Å². The molecule has 1 saturated heterocycles. The predicted molar refractivity (Wildman–Crippen MR) is 61.4 cm³/mol. The van der Waals surface area contributed by atoms with E-state index in [1.807, 2.05) is 0 Å². The summed E-state index contributed by atoms with van der Waals surface area (Å²) in [7, 11) is 4.42. The lowest BCUT2D eigenvalue weighted by atomic mass is 10.00. The van der Waals surface area contributed by atoms with E-state index in [1.54, 1.807) is 0 Å². The third kappa shape index (κ3) is 3.95. The number of hydrogen-bond donors (Lipinski definition) is 1. The van der Waals surface area contributed by atoms with E-state index in [1.165, 1.54) is 38.8 Å². The van der Waals surface area contributed by atoms with E-state index < -0.39 is 0 Å². The maximum atomic E-state index is 5.51. The Kier molecular flexibility index (Phi) is 5.45. The van der Waals surface area contributed by atoms with Crippen LogP contribution in [0.2, 0.25) is 0 Å². The number of piperidine rings is 1. The fourth-order valence-corrected chi connectivity index (χ4v) is 2.21. The lowest BCUT2D eigenvalue weighted by Crippen LogP contribution is -2.39. The molecule has 0 radical (unpaired) electrons. The summed E-state index contributed by atoms with van der Waals surface area (Å²) in [5.41, 5.74) is 5.51. The van der Waals surface area contributed by atoms with Crippen LogP contribution in [-0.2, 0) is 0 Å². The predicted octanol–water partition coefficient (Wildman–Crippen LogP) is 0.751. The molecule has 1 rings (SSSR count). The van der Waals surface area contributed by atoms with E-state index in [4.69, 9.17) is 5.73 Å². The molecule has 2 N–H and O–H groups in total. The van der Waals surface area contributed by atoms with Crippen molar-refractivity contribution in [3.8, 4) is 0 Å². The average Bonchev–Trinajstić information content (AvgIpc) is 2.17. The molecule has 0 aromatic rings. The number of nitrogens with two attached hydrogens (primary N) is 1. The van der Waals surface area contributed by atoms with Crippen molar-refractivity contribution >= 4 is 0 Å². The van der Waals surface area contributed by atoms with Crippen molar-refractivity contribution in [2.24, 2.45) is 5.73 Å². The Morgan fingerprint density at radius 1 is 1.36 bits per heavy atom. The van der Waals surface area contributed by atoms with Crippen LogP contribution in [0.5, 0.6) is 0 Å². The van der Waals surface area contributed by atoms with Crippen LogP contribution in [0.1, 0.15) is 25.7 Å². The second-order valence-corrected chi connectivity index (χ2v) is 4.51. The van der Waals surface area contributed by atoms with Gasteiger partial charge in [-0.2, -0.15) is 0 Å². The third-order valence-corrected chi connectivity index (χ3v) is 3.28. The normalized spacial score (nSPS) is 24.4. The number of likely N-dealkylation sites (N-methyl/N-ethyl adjacent to an activating group) is 1. The highest BCUT2D eigenvalue weighted by Crippen LogP contribution is 2.17. The number of hydrogen-bond acceptors (Lipinski definition) is 3. The first-order valence-corrected chi connectivity index (χ1v) is 5.83. The molecule has 14 heavy (non-hydrogen) atoms. The summed E-state index contributed by atoms with van der Waals surface area (Å²) in [4.78, 5) is 4.85. The second-order valence-electron chi connectivity index (χ2n) is 4.51. The van der Waals surface area contributed by atoms with Gasteiger partial charge in [0, 0.05) is 19.1 Å². The van der Waals surface area contributed by atoms with Crippen LogP contribution in [-0.4, -0.2) is 56.1 Å². The molecule has 1 aliphatic rings. The summed E-state index contributed by atoms with van der Waals surface area (Å²) in [6.45, 7) is 4.27. The van der Waals surface area contributed by atoms with Crippen molar-refractivity contribution in [1.82, 2.24) is 9.80 Å². The molecule has 1 unspecified atom stereocenters. The molecule has 0 spiro atoms. The minimum atomic E-state index is 0.775. The summed E-state index contributed by atoms with van der Waals surface area (Å²) in [6, 6.07) is 0.809. The standard InChI is InChI=1S/C11H25N3/c1-13(10-7-12)9-6-11-5-3-4-8-14(11)2/h11H,3-10,12H2,1-2H3. The number of nitrogens with zero attached hydrogens (tertiary/aromatic N) is 2. The monoisotopic (exact) mass is 199 g/mol. The van der Waals surface area contributed by atoms with Gasteiger partial charge in [0.05, 0.1) is 0 Å². The smallest absolute Gasteiger partial charge is 0.0104 e. The third-order valence-electron chi connectivity index (χ3n) is 3.28. The van der Waals surface area contributed by atoms with Gasteiger partial charge >= 0.3 is 0 Å². The van der Waals surface area contributed by atoms with Gasteiger partial charge in [0.15, 0.2) is 0 Å². The van der Waals surface area contributed by atoms with Crippen molar-refractivity contribution in [1.29, 1.82) is 0 Å². The second kappa shape index (κ2) is 6.38. The van der Waals surface area contributed by atoms with Crippen LogP contribution in [0, 0.1) is 0 Å². The minimum absolute atomic E-state index is 0.775. The molecule has 1 fully saturated rings. The van der Waals surface area contributed by atoms with Crippen molar-refractivity contribution in [2.45, 2.75) is 31.7 Å². The van der Waals surface area contributed by atoms with Gasteiger partial charge in [-0.15, -0.1) is 0 Å². The van der Waals surface area contributed by atoms with E-state index >= 15 is 0 Å². The first-order chi connectivity index (χ1) is 6.74. The van der Waals surface area contributed by atoms with E-state index in [2.05, 4.69) is 23.9 Å². The Morgan fingerprint density at radius 2 is 2.14 bits per heavy atom. The Morgan fingerprint density at radius 3 is 2.79 bits per heavy atom. The zero-order valence-electron chi connectivity index (χ0n) is 9.71. The molecule has 0 saturated carbocycles. The molecule has 0 aromatic heterocycles. The van der Waals surface area contributed by atoms with Crippen molar-refractivity contribution < 1.29 is 0 Å². The zero-order chi connectivity index (χ0) is 10.4. The van der Waals surface area contributed by atoms with Gasteiger partial charge in [0.2, 0.25) is 0 Å². The fourth-order valence-electron chi connectivity index (χ4n) is 2.21. The zero-order valence-corrected chi connectivity index (χ0v) is 9.71. The molecule has 0 aromatic carbocycles. The van der Waals surface area contributed by atoms with Crippen LogP contribution in [0.25, 0.3) is 0 Å². The molecule has 0 aliphatic carbocycles. The van der Waals surface area contributed by atoms with E-state index in [0.717, 1.165) is 19.1 Å². The summed E-state index contributed by atoms with van der Waals surface area (Å²) in [5.74, 6) is 0.